The molecule has 2 nitrogen and oxygen atoms in total. The molecule has 0 heterocycles. The van der Waals surface area contributed by atoms with Gasteiger partial charge in [0.1, 0.15) is 5.75 Å². The molecule has 0 aliphatic carbocycles. The molecule has 0 unspecified atom stereocenters. The third-order valence-corrected chi connectivity index (χ3v) is 2.71. The lowest BCUT2D eigenvalue weighted by molar-refractivity contribution is -0.133. The standard InChI is InChI=1S/C18H22O2/c1-3-4-5-6-7-8-9-10-15-18(19)20-17-14-12-11-13-16(17)2/h3-6,9-14H,7-8,15H2,1-2H3/b4-3+,6-5+,10-9+. The van der Waals surface area contributed by atoms with Crippen molar-refractivity contribution in [1.82, 2.24) is 0 Å². The van der Waals surface area contributed by atoms with Crippen molar-refractivity contribution in [1.29, 1.82) is 0 Å². The number of carbonyl (C=O) groups is 1. The molecular formula is C18H22O2. The number of allylic oxidation sites excluding steroid dienone is 5. The zero-order valence-electron chi connectivity index (χ0n) is 12.2. The molecule has 0 spiro atoms. The molecule has 0 saturated heterocycles. The Morgan fingerprint density at radius 2 is 1.85 bits per heavy atom. The Balaban J connectivity index is 2.25. The lowest BCUT2D eigenvalue weighted by atomic mass is 10.2. The summed E-state index contributed by atoms with van der Waals surface area (Å²) in [7, 11) is 0. The predicted octanol–water partition coefficient (Wildman–Crippen LogP) is 4.76. The molecule has 2 heteroatoms. The fourth-order valence-electron chi connectivity index (χ4n) is 1.61. The van der Waals surface area contributed by atoms with E-state index in [9.17, 15) is 4.79 Å². The minimum atomic E-state index is -0.222. The van der Waals surface area contributed by atoms with Crippen LogP contribution in [0.4, 0.5) is 0 Å². The molecule has 0 bridgehead atoms. The van der Waals surface area contributed by atoms with E-state index in [2.05, 4.69) is 6.08 Å². The Bertz CT molecular complexity index is 496. The van der Waals surface area contributed by atoms with Gasteiger partial charge in [0.25, 0.3) is 0 Å². The van der Waals surface area contributed by atoms with Crippen LogP contribution >= 0.6 is 0 Å². The third kappa shape index (κ3) is 6.74. The predicted molar refractivity (Wildman–Crippen MR) is 83.8 cm³/mol. The highest BCUT2D eigenvalue weighted by atomic mass is 16.5. The quantitative estimate of drug-likeness (QED) is 0.235. The van der Waals surface area contributed by atoms with E-state index >= 15 is 0 Å². The summed E-state index contributed by atoms with van der Waals surface area (Å²) >= 11 is 0. The first-order valence-corrected chi connectivity index (χ1v) is 6.93. The summed E-state index contributed by atoms with van der Waals surface area (Å²) in [5, 5.41) is 0. The molecule has 0 N–H and O–H groups in total. The monoisotopic (exact) mass is 270 g/mol. The number of ether oxygens (including phenoxy) is 1. The van der Waals surface area contributed by atoms with Crippen LogP contribution < -0.4 is 4.74 Å². The van der Waals surface area contributed by atoms with Crippen molar-refractivity contribution in [2.24, 2.45) is 0 Å². The summed E-state index contributed by atoms with van der Waals surface area (Å²) in [5.41, 5.74) is 0.971. The second kappa shape index (κ2) is 9.79. The zero-order valence-corrected chi connectivity index (χ0v) is 12.2. The number of hydrogen-bond donors (Lipinski definition) is 0. The summed E-state index contributed by atoms with van der Waals surface area (Å²) < 4.78 is 5.29. The van der Waals surface area contributed by atoms with E-state index in [1.54, 1.807) is 0 Å². The summed E-state index contributed by atoms with van der Waals surface area (Å²) in [4.78, 5) is 11.6. The lowest BCUT2D eigenvalue weighted by Gasteiger charge is -2.05. The number of hydrogen-bond acceptors (Lipinski definition) is 2. The molecule has 1 aromatic carbocycles. The molecule has 0 aliphatic rings. The second-order valence-electron chi connectivity index (χ2n) is 4.45. The number of rotatable bonds is 7. The largest absolute Gasteiger partial charge is 0.426 e. The minimum absolute atomic E-state index is 0.222. The van der Waals surface area contributed by atoms with Gasteiger partial charge < -0.3 is 4.74 Å². The third-order valence-electron chi connectivity index (χ3n) is 2.71. The molecule has 0 saturated carbocycles. The fraction of sp³-hybridized carbons (Fsp3) is 0.278. The van der Waals surface area contributed by atoms with E-state index in [0.717, 1.165) is 18.4 Å². The highest BCUT2D eigenvalue weighted by molar-refractivity contribution is 5.74. The van der Waals surface area contributed by atoms with Crippen LogP contribution in [0.15, 0.2) is 60.7 Å². The maximum absolute atomic E-state index is 11.6. The van der Waals surface area contributed by atoms with E-state index in [4.69, 9.17) is 4.74 Å². The number of aryl methyl sites for hydroxylation is 1. The summed E-state index contributed by atoms with van der Waals surface area (Å²) in [6.45, 7) is 3.92. The fourth-order valence-corrected chi connectivity index (χ4v) is 1.61. The van der Waals surface area contributed by atoms with E-state index in [0.29, 0.717) is 12.2 Å². The van der Waals surface area contributed by atoms with Gasteiger partial charge in [-0.1, -0.05) is 54.7 Å². The normalized spacial score (nSPS) is 11.7. The summed E-state index contributed by atoms with van der Waals surface area (Å²) in [5.74, 6) is 0.417. The van der Waals surface area contributed by atoms with Crippen molar-refractivity contribution in [3.05, 3.63) is 66.3 Å². The van der Waals surface area contributed by atoms with Crippen LogP contribution in [0.2, 0.25) is 0 Å². The Kier molecular flexibility index (Phi) is 7.82. The van der Waals surface area contributed by atoms with E-state index < -0.39 is 0 Å². The van der Waals surface area contributed by atoms with Gasteiger partial charge in [0.05, 0.1) is 6.42 Å². The number of esters is 1. The minimum Gasteiger partial charge on any atom is -0.426 e. The van der Waals surface area contributed by atoms with Crippen molar-refractivity contribution >= 4 is 5.97 Å². The first kappa shape index (κ1) is 16.0. The number of para-hydroxylation sites is 1. The Morgan fingerprint density at radius 1 is 1.10 bits per heavy atom. The Hall–Kier alpha value is -2.09. The van der Waals surface area contributed by atoms with E-state index in [1.165, 1.54) is 0 Å². The van der Waals surface area contributed by atoms with Crippen LogP contribution in [0.5, 0.6) is 5.75 Å². The lowest BCUT2D eigenvalue weighted by Crippen LogP contribution is -2.06. The summed E-state index contributed by atoms with van der Waals surface area (Å²) in [6.07, 6.45) is 14.2. The molecule has 1 aromatic rings. The Labute approximate surface area is 121 Å². The molecule has 0 atom stereocenters. The van der Waals surface area contributed by atoms with Gasteiger partial charge in [0.2, 0.25) is 0 Å². The van der Waals surface area contributed by atoms with Crippen LogP contribution in [0.25, 0.3) is 0 Å². The molecule has 0 radical (unpaired) electrons. The van der Waals surface area contributed by atoms with Gasteiger partial charge in [0.15, 0.2) is 0 Å². The average molecular weight is 270 g/mol. The Morgan fingerprint density at radius 3 is 2.60 bits per heavy atom. The van der Waals surface area contributed by atoms with Gasteiger partial charge in [0, 0.05) is 0 Å². The molecule has 0 aliphatic heterocycles. The smallest absolute Gasteiger partial charge is 0.315 e. The molecule has 1 rings (SSSR count). The van der Waals surface area contributed by atoms with Crippen LogP contribution in [0, 0.1) is 6.92 Å². The molecule has 106 valence electrons. The SMILES string of the molecule is C/C=C/C=C/CC/C=C/CC(=O)Oc1ccccc1C. The zero-order chi connectivity index (χ0) is 14.6. The van der Waals surface area contributed by atoms with E-state index in [-0.39, 0.29) is 5.97 Å². The van der Waals surface area contributed by atoms with E-state index in [1.807, 2.05) is 68.5 Å². The molecule has 0 amide bonds. The van der Waals surface area contributed by atoms with Gasteiger partial charge in [-0.05, 0) is 38.3 Å². The first-order chi connectivity index (χ1) is 9.74. The van der Waals surface area contributed by atoms with Gasteiger partial charge in [-0.25, -0.2) is 0 Å². The van der Waals surface area contributed by atoms with Gasteiger partial charge in [-0.3, -0.25) is 4.79 Å². The number of benzene rings is 1. The molecular weight excluding hydrogens is 248 g/mol. The summed E-state index contributed by atoms with van der Waals surface area (Å²) in [6, 6.07) is 7.52. The topological polar surface area (TPSA) is 26.3 Å². The van der Waals surface area contributed by atoms with Crippen molar-refractivity contribution in [3.63, 3.8) is 0 Å². The van der Waals surface area contributed by atoms with Crippen LogP contribution in [0.3, 0.4) is 0 Å². The van der Waals surface area contributed by atoms with Crippen LogP contribution in [-0.4, -0.2) is 5.97 Å². The second-order valence-corrected chi connectivity index (χ2v) is 4.45. The maximum atomic E-state index is 11.6. The van der Waals surface area contributed by atoms with Gasteiger partial charge >= 0.3 is 5.97 Å². The first-order valence-electron chi connectivity index (χ1n) is 6.93. The average Bonchev–Trinajstić information content (AvgIpc) is 2.44. The number of unbranched alkanes of at least 4 members (excludes halogenated alkanes) is 1. The van der Waals surface area contributed by atoms with Crippen molar-refractivity contribution in [2.45, 2.75) is 33.1 Å². The van der Waals surface area contributed by atoms with Crippen molar-refractivity contribution in [3.8, 4) is 5.75 Å². The highest BCUT2D eigenvalue weighted by Gasteiger charge is 2.03. The number of carbonyl (C=O) groups excluding carboxylic acids is 1. The van der Waals surface area contributed by atoms with Crippen molar-refractivity contribution in [2.75, 3.05) is 0 Å². The van der Waals surface area contributed by atoms with Crippen LogP contribution in [-0.2, 0) is 4.79 Å². The molecule has 20 heavy (non-hydrogen) atoms. The van der Waals surface area contributed by atoms with Gasteiger partial charge in [-0.2, -0.15) is 0 Å². The van der Waals surface area contributed by atoms with Gasteiger partial charge in [-0.15, -0.1) is 0 Å². The van der Waals surface area contributed by atoms with Crippen molar-refractivity contribution < 1.29 is 9.53 Å². The van der Waals surface area contributed by atoms with Crippen LogP contribution in [0.1, 0.15) is 31.7 Å². The molecule has 0 fully saturated rings. The molecule has 0 aromatic heterocycles. The highest BCUT2D eigenvalue weighted by Crippen LogP contribution is 2.16. The maximum Gasteiger partial charge on any atom is 0.315 e.